The van der Waals surface area contributed by atoms with Crippen LogP contribution in [0.2, 0.25) is 0 Å². The summed E-state index contributed by atoms with van der Waals surface area (Å²) in [6, 6.07) is 15.9. The van der Waals surface area contributed by atoms with Gasteiger partial charge in [0, 0.05) is 18.2 Å². The van der Waals surface area contributed by atoms with Gasteiger partial charge in [0.1, 0.15) is 11.3 Å². The summed E-state index contributed by atoms with van der Waals surface area (Å²) in [5.41, 5.74) is 1.30. The highest BCUT2D eigenvalue weighted by Crippen LogP contribution is 2.31. The highest BCUT2D eigenvalue weighted by atomic mass is 32.1. The zero-order valence-corrected chi connectivity index (χ0v) is 17.5. The van der Waals surface area contributed by atoms with E-state index >= 15 is 0 Å². The fourth-order valence-electron chi connectivity index (χ4n) is 3.10. The Balaban J connectivity index is 1.65. The van der Waals surface area contributed by atoms with E-state index in [2.05, 4.69) is 10.1 Å². The molecule has 8 heteroatoms. The van der Waals surface area contributed by atoms with Crippen molar-refractivity contribution in [1.29, 1.82) is 0 Å². The number of para-hydroxylation sites is 1. The van der Waals surface area contributed by atoms with Gasteiger partial charge in [0.05, 0.1) is 4.70 Å². The topological polar surface area (TPSA) is 62.5 Å². The first-order chi connectivity index (χ1) is 14.5. The van der Waals surface area contributed by atoms with E-state index in [-0.39, 0.29) is 17.1 Å². The standard InChI is InChI=1S/C22H21FN4O2S/c1-26(2)12-7-13-27(22-24-20-16(23)10-6-11-19(20)30-22)21(28)17-14-18(29-25-17)15-8-4-3-5-9-15/h3-6,8-11,14H,7,12-13H2,1-2H3. The fourth-order valence-corrected chi connectivity index (χ4v) is 4.10. The van der Waals surface area contributed by atoms with Gasteiger partial charge in [-0.2, -0.15) is 0 Å². The Morgan fingerprint density at radius 1 is 1.10 bits per heavy atom. The molecule has 0 fully saturated rings. The summed E-state index contributed by atoms with van der Waals surface area (Å²) in [7, 11) is 3.95. The van der Waals surface area contributed by atoms with Crippen LogP contribution in [0.3, 0.4) is 0 Å². The van der Waals surface area contributed by atoms with Crippen LogP contribution in [0, 0.1) is 5.82 Å². The Morgan fingerprint density at radius 3 is 2.63 bits per heavy atom. The Kier molecular flexibility index (Phi) is 5.87. The molecule has 154 valence electrons. The third-order valence-corrected chi connectivity index (χ3v) is 5.65. The number of amides is 1. The van der Waals surface area contributed by atoms with Crippen molar-refractivity contribution in [2.24, 2.45) is 0 Å². The molecule has 30 heavy (non-hydrogen) atoms. The second kappa shape index (κ2) is 8.73. The van der Waals surface area contributed by atoms with E-state index in [0.717, 1.165) is 18.5 Å². The SMILES string of the molecule is CN(C)CCCN(C(=O)c1cc(-c2ccccc2)on1)c1nc2c(F)cccc2s1. The van der Waals surface area contributed by atoms with Gasteiger partial charge >= 0.3 is 0 Å². The van der Waals surface area contributed by atoms with Crippen LogP contribution in [0.4, 0.5) is 9.52 Å². The summed E-state index contributed by atoms with van der Waals surface area (Å²) in [5.74, 6) is -0.204. The number of thiazole rings is 1. The highest BCUT2D eigenvalue weighted by molar-refractivity contribution is 7.22. The summed E-state index contributed by atoms with van der Waals surface area (Å²) in [6.07, 6.45) is 0.737. The maximum Gasteiger partial charge on any atom is 0.282 e. The van der Waals surface area contributed by atoms with Gasteiger partial charge in [-0.15, -0.1) is 0 Å². The lowest BCUT2D eigenvalue weighted by molar-refractivity contribution is 0.0977. The van der Waals surface area contributed by atoms with Gasteiger partial charge in [0.25, 0.3) is 5.91 Å². The van der Waals surface area contributed by atoms with Crippen molar-refractivity contribution in [2.45, 2.75) is 6.42 Å². The number of halogens is 1. The molecule has 2 heterocycles. The van der Waals surface area contributed by atoms with E-state index < -0.39 is 5.82 Å². The minimum absolute atomic E-state index is 0.193. The Labute approximate surface area is 177 Å². The lowest BCUT2D eigenvalue weighted by atomic mass is 10.1. The van der Waals surface area contributed by atoms with Crippen LogP contribution in [0.1, 0.15) is 16.9 Å². The van der Waals surface area contributed by atoms with Crippen molar-refractivity contribution < 1.29 is 13.7 Å². The molecule has 4 rings (SSSR count). The van der Waals surface area contributed by atoms with Crippen molar-refractivity contribution in [1.82, 2.24) is 15.0 Å². The summed E-state index contributed by atoms with van der Waals surface area (Å²) < 4.78 is 20.2. The molecule has 4 aromatic rings. The summed E-state index contributed by atoms with van der Waals surface area (Å²) in [6.45, 7) is 1.24. The van der Waals surface area contributed by atoms with E-state index in [9.17, 15) is 9.18 Å². The predicted molar refractivity (Wildman–Crippen MR) is 116 cm³/mol. The van der Waals surface area contributed by atoms with Crippen molar-refractivity contribution in [3.8, 4) is 11.3 Å². The maximum atomic E-state index is 14.1. The summed E-state index contributed by atoms with van der Waals surface area (Å²) >= 11 is 1.29. The Bertz CT molecular complexity index is 1160. The second-order valence-corrected chi connectivity index (χ2v) is 8.15. The van der Waals surface area contributed by atoms with Crippen LogP contribution >= 0.6 is 11.3 Å². The van der Waals surface area contributed by atoms with E-state index in [4.69, 9.17) is 4.52 Å². The van der Waals surface area contributed by atoms with Gasteiger partial charge in [-0.25, -0.2) is 9.37 Å². The molecule has 0 atom stereocenters. The van der Waals surface area contributed by atoms with Gasteiger partial charge < -0.3 is 9.42 Å². The van der Waals surface area contributed by atoms with Gasteiger partial charge in [-0.3, -0.25) is 9.69 Å². The number of hydrogen-bond donors (Lipinski definition) is 0. The number of carbonyl (C=O) groups is 1. The summed E-state index contributed by atoms with van der Waals surface area (Å²) in [5, 5.41) is 4.43. The molecule has 0 aliphatic heterocycles. The quantitative estimate of drug-likeness (QED) is 0.431. The molecule has 0 spiro atoms. The monoisotopic (exact) mass is 424 g/mol. The molecule has 0 N–H and O–H groups in total. The zero-order valence-electron chi connectivity index (χ0n) is 16.7. The van der Waals surface area contributed by atoms with E-state index in [1.165, 1.54) is 17.4 Å². The minimum atomic E-state index is -0.400. The third-order valence-electron chi connectivity index (χ3n) is 4.61. The first-order valence-electron chi connectivity index (χ1n) is 9.57. The van der Waals surface area contributed by atoms with Gasteiger partial charge in [0.2, 0.25) is 0 Å². The number of aromatic nitrogens is 2. The van der Waals surface area contributed by atoms with E-state index in [1.807, 2.05) is 49.3 Å². The largest absolute Gasteiger partial charge is 0.355 e. The lowest BCUT2D eigenvalue weighted by Gasteiger charge is -2.19. The number of carbonyl (C=O) groups excluding carboxylic acids is 1. The molecule has 6 nitrogen and oxygen atoms in total. The summed E-state index contributed by atoms with van der Waals surface area (Å²) in [4.78, 5) is 21.3. The smallest absolute Gasteiger partial charge is 0.282 e. The fraction of sp³-hybridized carbons (Fsp3) is 0.227. The first kappa shape index (κ1) is 20.2. The molecule has 0 aliphatic carbocycles. The molecular weight excluding hydrogens is 403 g/mol. The number of rotatable bonds is 7. The number of benzene rings is 2. The predicted octanol–water partition coefficient (Wildman–Crippen LogP) is 4.69. The average Bonchev–Trinajstić information content (AvgIpc) is 3.39. The normalized spacial score (nSPS) is 11.3. The van der Waals surface area contributed by atoms with Gasteiger partial charge in [0.15, 0.2) is 16.6 Å². The number of anilines is 1. The van der Waals surface area contributed by atoms with Crippen LogP contribution in [-0.2, 0) is 0 Å². The van der Waals surface area contributed by atoms with Crippen molar-refractivity contribution in [3.63, 3.8) is 0 Å². The van der Waals surface area contributed by atoms with Crippen LogP contribution < -0.4 is 4.90 Å². The average molecular weight is 425 g/mol. The molecule has 2 aromatic carbocycles. The number of hydrogen-bond acceptors (Lipinski definition) is 6. The molecule has 0 saturated heterocycles. The first-order valence-corrected chi connectivity index (χ1v) is 10.4. The molecule has 1 amide bonds. The highest BCUT2D eigenvalue weighted by Gasteiger charge is 2.25. The maximum absolute atomic E-state index is 14.1. The van der Waals surface area contributed by atoms with Gasteiger partial charge in [-0.05, 0) is 39.2 Å². The molecule has 2 aromatic heterocycles. The molecule has 0 unspecified atom stereocenters. The van der Waals surface area contributed by atoms with Crippen molar-refractivity contribution in [2.75, 3.05) is 32.1 Å². The Hall–Kier alpha value is -3.10. The van der Waals surface area contributed by atoms with E-state index in [0.29, 0.717) is 22.1 Å². The third kappa shape index (κ3) is 4.24. The zero-order chi connectivity index (χ0) is 21.1. The van der Waals surface area contributed by atoms with E-state index in [1.54, 1.807) is 23.1 Å². The van der Waals surface area contributed by atoms with Crippen LogP contribution in [0.15, 0.2) is 59.1 Å². The minimum Gasteiger partial charge on any atom is -0.355 e. The van der Waals surface area contributed by atoms with Crippen LogP contribution in [0.25, 0.3) is 21.5 Å². The lowest BCUT2D eigenvalue weighted by Crippen LogP contribution is -2.33. The molecule has 0 saturated carbocycles. The molecule has 0 radical (unpaired) electrons. The Morgan fingerprint density at radius 2 is 1.90 bits per heavy atom. The second-order valence-electron chi connectivity index (χ2n) is 7.14. The van der Waals surface area contributed by atoms with Crippen molar-refractivity contribution in [3.05, 3.63) is 66.1 Å². The van der Waals surface area contributed by atoms with Crippen LogP contribution in [0.5, 0.6) is 0 Å². The van der Waals surface area contributed by atoms with Crippen LogP contribution in [-0.4, -0.2) is 48.1 Å². The molecule has 0 bridgehead atoms. The van der Waals surface area contributed by atoms with Gasteiger partial charge in [-0.1, -0.05) is 52.9 Å². The number of fused-ring (bicyclic) bond motifs is 1. The van der Waals surface area contributed by atoms with Crippen molar-refractivity contribution >= 4 is 32.6 Å². The molecular formula is C22H21FN4O2S. The molecule has 0 aliphatic rings. The number of nitrogens with zero attached hydrogens (tertiary/aromatic N) is 4.